The van der Waals surface area contributed by atoms with Crippen LogP contribution in [0.5, 0.6) is 0 Å². The number of sulfonamides is 1. The van der Waals surface area contributed by atoms with Crippen molar-refractivity contribution in [3.05, 3.63) is 41.4 Å². The summed E-state index contributed by atoms with van der Waals surface area (Å²) in [7, 11) is -3.55. The Kier molecular flexibility index (Phi) is 7.75. The van der Waals surface area contributed by atoms with Gasteiger partial charge in [-0.3, -0.25) is 0 Å². The lowest BCUT2D eigenvalue weighted by Gasteiger charge is -2.21. The van der Waals surface area contributed by atoms with Gasteiger partial charge in [0.2, 0.25) is 10.0 Å². The number of nitrogens with zero attached hydrogens (tertiary/aromatic N) is 1. The molecule has 0 N–H and O–H groups in total. The van der Waals surface area contributed by atoms with E-state index in [0.717, 1.165) is 12.8 Å². The first-order valence-electron chi connectivity index (χ1n) is 7.43. The van der Waals surface area contributed by atoms with Crippen molar-refractivity contribution < 1.29 is 17.9 Å². The molecule has 1 aromatic rings. The van der Waals surface area contributed by atoms with Crippen LogP contribution in [0.25, 0.3) is 0 Å². The van der Waals surface area contributed by atoms with E-state index < -0.39 is 16.0 Å². The number of hydrogen-bond donors (Lipinski definition) is 0. The van der Waals surface area contributed by atoms with Crippen LogP contribution in [0, 0.1) is 0 Å². The third-order valence-corrected chi connectivity index (χ3v) is 5.06. The first-order valence-corrected chi connectivity index (χ1v) is 9.25. The lowest BCUT2D eigenvalue weighted by molar-refractivity contribution is 0.0546. The molecule has 0 aromatic heterocycles. The monoisotopic (exact) mass is 359 g/mol. The topological polar surface area (TPSA) is 63.7 Å². The second kappa shape index (κ2) is 9.05. The van der Waals surface area contributed by atoms with Gasteiger partial charge < -0.3 is 4.74 Å². The summed E-state index contributed by atoms with van der Waals surface area (Å²) >= 11 is 5.53. The Labute approximate surface area is 142 Å². The van der Waals surface area contributed by atoms with Crippen molar-refractivity contribution in [3.63, 3.8) is 0 Å². The van der Waals surface area contributed by atoms with Gasteiger partial charge in [-0.1, -0.05) is 32.0 Å². The van der Waals surface area contributed by atoms with E-state index in [9.17, 15) is 13.2 Å². The van der Waals surface area contributed by atoms with Crippen LogP contribution in [-0.4, -0.2) is 38.4 Å². The van der Waals surface area contributed by atoms with Gasteiger partial charge in [-0.25, -0.2) is 13.2 Å². The first-order chi connectivity index (χ1) is 10.8. The molecule has 0 aliphatic heterocycles. The van der Waals surface area contributed by atoms with Gasteiger partial charge in [0.05, 0.1) is 10.5 Å². The smallest absolute Gasteiger partial charge is 0.338 e. The largest absolute Gasteiger partial charge is 0.456 e. The molecule has 0 atom stereocenters. The highest BCUT2D eigenvalue weighted by molar-refractivity contribution is 7.89. The molecule has 0 saturated heterocycles. The van der Waals surface area contributed by atoms with Crippen LogP contribution < -0.4 is 0 Å². The van der Waals surface area contributed by atoms with E-state index in [4.69, 9.17) is 16.3 Å². The zero-order valence-corrected chi connectivity index (χ0v) is 15.0. The number of esters is 1. The van der Waals surface area contributed by atoms with Crippen molar-refractivity contribution in [1.29, 1.82) is 0 Å². The average molecular weight is 360 g/mol. The van der Waals surface area contributed by atoms with Gasteiger partial charge in [0.15, 0.2) is 0 Å². The molecule has 0 bridgehead atoms. The second-order valence-electron chi connectivity index (χ2n) is 5.02. The Morgan fingerprint density at radius 1 is 1.17 bits per heavy atom. The second-order valence-corrected chi connectivity index (χ2v) is 7.49. The third-order valence-electron chi connectivity index (χ3n) is 3.03. The van der Waals surface area contributed by atoms with E-state index in [1.807, 2.05) is 13.8 Å². The van der Waals surface area contributed by atoms with Crippen LogP contribution in [0.4, 0.5) is 0 Å². The lowest BCUT2D eigenvalue weighted by Crippen LogP contribution is -2.32. The Bertz CT molecular complexity index is 635. The van der Waals surface area contributed by atoms with E-state index in [2.05, 4.69) is 6.58 Å². The molecule has 1 aromatic carbocycles. The van der Waals surface area contributed by atoms with Crippen LogP contribution in [0.15, 0.2) is 40.8 Å². The summed E-state index contributed by atoms with van der Waals surface area (Å²) in [4.78, 5) is 11.9. The van der Waals surface area contributed by atoms with Gasteiger partial charge in [-0.05, 0) is 37.1 Å². The molecule has 0 spiro atoms. The summed E-state index contributed by atoms with van der Waals surface area (Å²) < 4.78 is 31.5. The molecule has 0 saturated carbocycles. The SMILES string of the molecule is C=C(Cl)COC(=O)c1ccc(S(=O)(=O)N(CCC)CCC)cc1. The highest BCUT2D eigenvalue weighted by Crippen LogP contribution is 2.18. The molecular weight excluding hydrogens is 338 g/mol. The Hall–Kier alpha value is -1.37. The number of ether oxygens (including phenoxy) is 1. The maximum Gasteiger partial charge on any atom is 0.338 e. The van der Waals surface area contributed by atoms with E-state index in [1.165, 1.54) is 28.6 Å². The van der Waals surface area contributed by atoms with Crippen molar-refractivity contribution >= 4 is 27.6 Å². The van der Waals surface area contributed by atoms with Gasteiger partial charge in [0.25, 0.3) is 0 Å². The van der Waals surface area contributed by atoms with Crippen LogP contribution in [-0.2, 0) is 14.8 Å². The maximum atomic E-state index is 12.6. The zero-order chi connectivity index (χ0) is 17.5. The summed E-state index contributed by atoms with van der Waals surface area (Å²) in [6.07, 6.45) is 1.48. The number of rotatable bonds is 9. The Morgan fingerprint density at radius 2 is 1.70 bits per heavy atom. The summed E-state index contributed by atoms with van der Waals surface area (Å²) in [6.45, 7) is 8.15. The molecule has 0 heterocycles. The van der Waals surface area contributed by atoms with Gasteiger partial charge >= 0.3 is 5.97 Å². The van der Waals surface area contributed by atoms with Crippen molar-refractivity contribution in [2.45, 2.75) is 31.6 Å². The van der Waals surface area contributed by atoms with Crippen LogP contribution in [0.2, 0.25) is 0 Å². The molecule has 1 rings (SSSR count). The molecule has 23 heavy (non-hydrogen) atoms. The predicted molar refractivity (Wildman–Crippen MR) is 91.1 cm³/mol. The predicted octanol–water partition coefficient (Wildman–Crippen LogP) is 3.41. The molecule has 128 valence electrons. The average Bonchev–Trinajstić information content (AvgIpc) is 2.52. The van der Waals surface area contributed by atoms with Gasteiger partial charge in [0, 0.05) is 18.1 Å². The summed E-state index contributed by atoms with van der Waals surface area (Å²) in [6, 6.07) is 5.70. The molecule has 0 fully saturated rings. The number of hydrogen-bond acceptors (Lipinski definition) is 4. The van der Waals surface area contributed by atoms with E-state index in [0.29, 0.717) is 13.1 Å². The normalized spacial score (nSPS) is 11.5. The summed E-state index contributed by atoms with van der Waals surface area (Å²) in [5, 5.41) is 0.215. The Morgan fingerprint density at radius 3 is 2.13 bits per heavy atom. The van der Waals surface area contributed by atoms with E-state index >= 15 is 0 Å². The minimum absolute atomic E-state index is 0.0821. The third kappa shape index (κ3) is 5.64. The molecule has 0 amide bonds. The molecule has 0 aliphatic rings. The summed E-state index contributed by atoms with van der Waals surface area (Å²) in [5.74, 6) is -0.574. The number of carbonyl (C=O) groups excluding carboxylic acids is 1. The number of carbonyl (C=O) groups is 1. The van der Waals surface area contributed by atoms with Crippen molar-refractivity contribution in [2.24, 2.45) is 0 Å². The fraction of sp³-hybridized carbons (Fsp3) is 0.438. The van der Waals surface area contributed by atoms with E-state index in [-0.39, 0.29) is 22.1 Å². The quantitative estimate of drug-likeness (QED) is 0.634. The minimum atomic E-state index is -3.55. The Balaban J connectivity index is 2.93. The van der Waals surface area contributed by atoms with Gasteiger partial charge in [-0.15, -0.1) is 0 Å². The number of halogens is 1. The van der Waals surface area contributed by atoms with E-state index in [1.54, 1.807) is 0 Å². The van der Waals surface area contributed by atoms with Crippen LogP contribution in [0.3, 0.4) is 0 Å². The lowest BCUT2D eigenvalue weighted by atomic mass is 10.2. The van der Waals surface area contributed by atoms with Crippen molar-refractivity contribution in [1.82, 2.24) is 4.31 Å². The van der Waals surface area contributed by atoms with Gasteiger partial charge in [0.1, 0.15) is 6.61 Å². The minimum Gasteiger partial charge on any atom is -0.456 e. The standard InChI is InChI=1S/C16H22ClNO4S/c1-4-10-18(11-5-2)23(20,21)15-8-6-14(7-9-15)16(19)22-12-13(3)17/h6-9H,3-5,10-12H2,1-2H3. The summed E-state index contributed by atoms with van der Waals surface area (Å²) in [5.41, 5.74) is 0.263. The fourth-order valence-corrected chi connectivity index (χ4v) is 3.67. The molecule has 0 unspecified atom stereocenters. The van der Waals surface area contributed by atoms with Crippen LogP contribution in [0.1, 0.15) is 37.0 Å². The molecule has 0 radical (unpaired) electrons. The highest BCUT2D eigenvalue weighted by atomic mass is 35.5. The highest BCUT2D eigenvalue weighted by Gasteiger charge is 2.23. The van der Waals surface area contributed by atoms with Crippen molar-refractivity contribution in [3.8, 4) is 0 Å². The molecule has 7 heteroatoms. The fourth-order valence-electron chi connectivity index (χ4n) is 1.99. The molecule has 0 aliphatic carbocycles. The maximum absolute atomic E-state index is 12.6. The van der Waals surface area contributed by atoms with Crippen LogP contribution >= 0.6 is 11.6 Å². The zero-order valence-electron chi connectivity index (χ0n) is 13.4. The molecular formula is C16H22ClNO4S. The van der Waals surface area contributed by atoms with Gasteiger partial charge in [-0.2, -0.15) is 4.31 Å². The number of benzene rings is 1. The molecule has 5 nitrogen and oxygen atoms in total. The van der Waals surface area contributed by atoms with Crippen molar-refractivity contribution in [2.75, 3.05) is 19.7 Å². The first kappa shape index (κ1) is 19.7.